The van der Waals surface area contributed by atoms with Crippen molar-refractivity contribution >= 4 is 11.6 Å². The number of hydrogen-bond donors (Lipinski definition) is 1. The van der Waals surface area contributed by atoms with Crippen LogP contribution in [0.25, 0.3) is 0 Å². The van der Waals surface area contributed by atoms with Crippen molar-refractivity contribution in [1.82, 2.24) is 0 Å². The van der Waals surface area contributed by atoms with Gasteiger partial charge in [-0.1, -0.05) is 11.6 Å². The highest BCUT2D eigenvalue weighted by molar-refractivity contribution is 6.30. The fourth-order valence-corrected chi connectivity index (χ4v) is 0.848. The van der Waals surface area contributed by atoms with E-state index in [1.54, 1.807) is 6.07 Å². The molecule has 0 radical (unpaired) electrons. The van der Waals surface area contributed by atoms with E-state index in [2.05, 4.69) is 0 Å². The lowest BCUT2D eigenvalue weighted by Crippen LogP contribution is -2.01. The molecule has 0 fully saturated rings. The van der Waals surface area contributed by atoms with Crippen LogP contribution in [0.4, 0.5) is 4.39 Å². The zero-order chi connectivity index (χ0) is 8.97. The molecule has 0 unspecified atom stereocenters. The van der Waals surface area contributed by atoms with Crippen molar-refractivity contribution < 1.29 is 14.2 Å². The average molecular weight is 191 g/mol. The SMILES string of the molecule is OCCOc1ccc(Cl)c(F)c1. The molecule has 1 aromatic carbocycles. The zero-order valence-corrected chi connectivity index (χ0v) is 7.01. The highest BCUT2D eigenvalue weighted by atomic mass is 35.5. The summed E-state index contributed by atoms with van der Waals surface area (Å²) in [5.74, 6) is -0.155. The molecule has 0 bridgehead atoms. The number of aliphatic hydroxyl groups is 1. The number of ether oxygens (including phenoxy) is 1. The first kappa shape index (κ1) is 9.29. The van der Waals surface area contributed by atoms with Crippen molar-refractivity contribution in [2.45, 2.75) is 0 Å². The second kappa shape index (κ2) is 4.28. The molecule has 1 N–H and O–H groups in total. The summed E-state index contributed by atoms with van der Waals surface area (Å²) in [5.41, 5.74) is 0. The Morgan fingerprint density at radius 3 is 2.83 bits per heavy atom. The summed E-state index contributed by atoms with van der Waals surface area (Å²) in [6, 6.07) is 4.13. The molecule has 1 rings (SSSR count). The lowest BCUT2D eigenvalue weighted by Gasteiger charge is -2.03. The summed E-state index contributed by atoms with van der Waals surface area (Å²) in [6.07, 6.45) is 0. The number of hydrogen-bond acceptors (Lipinski definition) is 2. The third-order valence-corrected chi connectivity index (χ3v) is 1.56. The average Bonchev–Trinajstić information content (AvgIpc) is 2.07. The first-order chi connectivity index (χ1) is 5.74. The molecule has 2 nitrogen and oxygen atoms in total. The minimum Gasteiger partial charge on any atom is -0.491 e. The van der Waals surface area contributed by atoms with Crippen molar-refractivity contribution in [3.63, 3.8) is 0 Å². The van der Waals surface area contributed by atoms with Gasteiger partial charge in [-0.2, -0.15) is 0 Å². The summed E-state index contributed by atoms with van der Waals surface area (Å²) in [4.78, 5) is 0. The van der Waals surface area contributed by atoms with Crippen LogP contribution < -0.4 is 4.74 Å². The van der Waals surface area contributed by atoms with Crippen LogP contribution in [-0.4, -0.2) is 18.3 Å². The van der Waals surface area contributed by atoms with Gasteiger partial charge in [0.15, 0.2) is 0 Å². The van der Waals surface area contributed by atoms with Gasteiger partial charge in [0, 0.05) is 6.07 Å². The first-order valence-corrected chi connectivity index (χ1v) is 3.80. The number of rotatable bonds is 3. The van der Waals surface area contributed by atoms with Gasteiger partial charge in [-0.25, -0.2) is 4.39 Å². The summed E-state index contributed by atoms with van der Waals surface area (Å²) in [5, 5.41) is 8.47. The standard InChI is InChI=1S/C8H8ClFO2/c9-7-2-1-6(5-8(7)10)12-4-3-11/h1-2,5,11H,3-4H2. The smallest absolute Gasteiger partial charge is 0.145 e. The fraction of sp³-hybridized carbons (Fsp3) is 0.250. The molecule has 0 aliphatic heterocycles. The van der Waals surface area contributed by atoms with Gasteiger partial charge in [0.1, 0.15) is 18.2 Å². The first-order valence-electron chi connectivity index (χ1n) is 3.43. The molecule has 0 heterocycles. The van der Waals surface area contributed by atoms with E-state index in [4.69, 9.17) is 21.4 Å². The second-order valence-electron chi connectivity index (χ2n) is 2.15. The molecule has 0 saturated heterocycles. The Morgan fingerprint density at radius 1 is 1.50 bits per heavy atom. The Bertz CT molecular complexity index is 265. The molecule has 1 aromatic rings. The Balaban J connectivity index is 2.69. The summed E-state index contributed by atoms with van der Waals surface area (Å²) >= 11 is 5.43. The normalized spacial score (nSPS) is 9.92. The largest absolute Gasteiger partial charge is 0.491 e. The molecule has 0 aliphatic rings. The maximum absolute atomic E-state index is 12.7. The minimum absolute atomic E-state index is 0.0614. The predicted molar refractivity (Wildman–Crippen MR) is 44.0 cm³/mol. The molecule has 0 atom stereocenters. The van der Waals surface area contributed by atoms with E-state index >= 15 is 0 Å². The maximum atomic E-state index is 12.7. The lowest BCUT2D eigenvalue weighted by atomic mass is 10.3. The van der Waals surface area contributed by atoms with Gasteiger partial charge in [0.25, 0.3) is 0 Å². The van der Waals surface area contributed by atoms with E-state index in [0.29, 0.717) is 5.75 Å². The fourth-order valence-electron chi connectivity index (χ4n) is 0.730. The van der Waals surface area contributed by atoms with Crippen molar-refractivity contribution in [2.75, 3.05) is 13.2 Å². The van der Waals surface area contributed by atoms with Gasteiger partial charge >= 0.3 is 0 Å². The third-order valence-electron chi connectivity index (χ3n) is 1.25. The molecule has 12 heavy (non-hydrogen) atoms. The van der Waals surface area contributed by atoms with Crippen LogP contribution in [0.2, 0.25) is 5.02 Å². The summed E-state index contributed by atoms with van der Waals surface area (Å²) in [7, 11) is 0. The van der Waals surface area contributed by atoms with Crippen LogP contribution >= 0.6 is 11.6 Å². The topological polar surface area (TPSA) is 29.5 Å². The Morgan fingerprint density at radius 2 is 2.25 bits per heavy atom. The van der Waals surface area contributed by atoms with E-state index < -0.39 is 5.82 Å². The monoisotopic (exact) mass is 190 g/mol. The molecular formula is C8H8ClFO2. The van der Waals surface area contributed by atoms with Gasteiger partial charge in [0.05, 0.1) is 11.6 Å². The van der Waals surface area contributed by atoms with E-state index in [1.165, 1.54) is 12.1 Å². The summed E-state index contributed by atoms with van der Waals surface area (Å²) < 4.78 is 17.7. The number of aliphatic hydroxyl groups excluding tert-OH is 1. The highest BCUT2D eigenvalue weighted by Crippen LogP contribution is 2.19. The molecule has 0 aliphatic carbocycles. The Hall–Kier alpha value is -0.800. The van der Waals surface area contributed by atoms with Crippen LogP contribution in [0.15, 0.2) is 18.2 Å². The quantitative estimate of drug-likeness (QED) is 0.788. The minimum atomic E-state index is -0.521. The Labute approximate surface area is 74.5 Å². The zero-order valence-electron chi connectivity index (χ0n) is 6.26. The van der Waals surface area contributed by atoms with Crippen LogP contribution in [-0.2, 0) is 0 Å². The molecule has 0 spiro atoms. The molecule has 4 heteroatoms. The van der Waals surface area contributed by atoms with Crippen molar-refractivity contribution in [3.05, 3.63) is 29.0 Å². The van der Waals surface area contributed by atoms with Crippen molar-refractivity contribution in [2.24, 2.45) is 0 Å². The third kappa shape index (κ3) is 2.36. The van der Waals surface area contributed by atoms with E-state index in [1.807, 2.05) is 0 Å². The molecule has 0 saturated carbocycles. The van der Waals surface area contributed by atoms with Crippen LogP contribution in [0, 0.1) is 5.82 Å². The highest BCUT2D eigenvalue weighted by Gasteiger charge is 2.00. The van der Waals surface area contributed by atoms with E-state index in [0.717, 1.165) is 0 Å². The van der Waals surface area contributed by atoms with E-state index in [-0.39, 0.29) is 18.2 Å². The van der Waals surface area contributed by atoms with Gasteiger partial charge < -0.3 is 9.84 Å². The Kier molecular flexibility index (Phi) is 3.31. The van der Waals surface area contributed by atoms with Crippen LogP contribution in [0.5, 0.6) is 5.75 Å². The van der Waals surface area contributed by atoms with Gasteiger partial charge in [0.2, 0.25) is 0 Å². The van der Waals surface area contributed by atoms with E-state index in [9.17, 15) is 4.39 Å². The number of benzene rings is 1. The van der Waals surface area contributed by atoms with Crippen molar-refractivity contribution in [1.29, 1.82) is 0 Å². The maximum Gasteiger partial charge on any atom is 0.145 e. The van der Waals surface area contributed by atoms with Crippen LogP contribution in [0.1, 0.15) is 0 Å². The van der Waals surface area contributed by atoms with Crippen molar-refractivity contribution in [3.8, 4) is 5.75 Å². The summed E-state index contributed by atoms with van der Waals surface area (Å²) in [6.45, 7) is 0.0608. The molecule has 66 valence electrons. The van der Waals surface area contributed by atoms with Gasteiger partial charge in [-0.15, -0.1) is 0 Å². The number of halogens is 2. The predicted octanol–water partition coefficient (Wildman–Crippen LogP) is 1.85. The van der Waals surface area contributed by atoms with Crippen LogP contribution in [0.3, 0.4) is 0 Å². The molecular weight excluding hydrogens is 183 g/mol. The second-order valence-corrected chi connectivity index (χ2v) is 2.56. The lowest BCUT2D eigenvalue weighted by molar-refractivity contribution is 0.201. The molecule has 0 amide bonds. The van der Waals surface area contributed by atoms with Gasteiger partial charge in [-0.05, 0) is 12.1 Å². The van der Waals surface area contributed by atoms with Gasteiger partial charge in [-0.3, -0.25) is 0 Å². The molecule has 0 aromatic heterocycles.